The van der Waals surface area contributed by atoms with Crippen LogP contribution in [0.3, 0.4) is 0 Å². The van der Waals surface area contributed by atoms with Crippen LogP contribution in [0.5, 0.6) is 0 Å². The number of hydrogen-bond acceptors (Lipinski definition) is 3. The molecular weight excluding hydrogens is 539 g/mol. The molecule has 2 saturated carbocycles. The molecule has 0 spiro atoms. The van der Waals surface area contributed by atoms with Crippen molar-refractivity contribution in [1.82, 2.24) is 4.90 Å². The van der Waals surface area contributed by atoms with Gasteiger partial charge in [-0.15, -0.1) is 0 Å². The van der Waals surface area contributed by atoms with E-state index >= 15 is 0 Å². The number of likely N-dealkylation sites (tertiary alicyclic amines) is 1. The Kier molecular flexibility index (Phi) is 5.21. The van der Waals surface area contributed by atoms with Crippen LogP contribution >= 0.6 is 39.1 Å². The highest BCUT2D eigenvalue weighted by molar-refractivity contribution is 9.10. The maximum Gasteiger partial charge on any atom is 0.259 e. The van der Waals surface area contributed by atoms with Gasteiger partial charge in [-0.3, -0.25) is 24.2 Å². The van der Waals surface area contributed by atoms with E-state index in [0.717, 1.165) is 16.5 Å². The van der Waals surface area contributed by atoms with Crippen molar-refractivity contribution >= 4 is 62.5 Å². The summed E-state index contributed by atoms with van der Waals surface area (Å²) in [6.45, 7) is 1.75. The van der Waals surface area contributed by atoms with E-state index in [-0.39, 0.29) is 53.1 Å². The molecule has 4 aliphatic carbocycles. The minimum absolute atomic E-state index is 0.134. The summed E-state index contributed by atoms with van der Waals surface area (Å²) in [5, 5.41) is 0.612. The molecule has 0 aromatic heterocycles. The van der Waals surface area contributed by atoms with Crippen LogP contribution in [0.1, 0.15) is 22.3 Å². The van der Waals surface area contributed by atoms with Crippen molar-refractivity contribution in [2.75, 3.05) is 11.6 Å². The lowest BCUT2D eigenvalue weighted by Crippen LogP contribution is -2.45. The van der Waals surface area contributed by atoms with E-state index in [2.05, 4.69) is 28.1 Å². The first-order valence-corrected chi connectivity index (χ1v) is 12.9. The van der Waals surface area contributed by atoms with E-state index in [9.17, 15) is 14.4 Å². The largest absolute Gasteiger partial charge is 0.289 e. The Balaban J connectivity index is 1.37. The zero-order valence-electron chi connectivity index (χ0n) is 18.3. The fourth-order valence-electron chi connectivity index (χ4n) is 6.26. The molecule has 2 aromatic rings. The van der Waals surface area contributed by atoms with E-state index in [4.69, 9.17) is 23.2 Å². The van der Waals surface area contributed by atoms with Crippen LogP contribution in [-0.4, -0.2) is 29.3 Å². The molecule has 34 heavy (non-hydrogen) atoms. The molecule has 7 rings (SSSR count). The van der Waals surface area contributed by atoms with Gasteiger partial charge in [0.05, 0.1) is 21.9 Å². The van der Waals surface area contributed by atoms with Crippen molar-refractivity contribution in [3.8, 4) is 0 Å². The number of rotatable bonds is 4. The number of allylic oxidation sites excluding steroid dienone is 2. The smallest absolute Gasteiger partial charge is 0.259 e. The van der Waals surface area contributed by atoms with Crippen molar-refractivity contribution in [2.45, 2.75) is 13.3 Å². The first-order chi connectivity index (χ1) is 16.3. The molecule has 3 fully saturated rings. The number of amides is 3. The molecule has 2 aromatic carbocycles. The molecule has 0 N–H and O–H groups in total. The van der Waals surface area contributed by atoms with E-state index in [1.807, 2.05) is 25.1 Å². The quantitative estimate of drug-likeness (QED) is 0.355. The van der Waals surface area contributed by atoms with E-state index in [1.54, 1.807) is 12.1 Å². The lowest BCUT2D eigenvalue weighted by atomic mass is 9.63. The number of benzene rings is 2. The van der Waals surface area contributed by atoms with Crippen molar-refractivity contribution in [1.29, 1.82) is 0 Å². The third-order valence-electron chi connectivity index (χ3n) is 7.90. The summed E-state index contributed by atoms with van der Waals surface area (Å²) in [4.78, 5) is 43.6. The number of carbonyl (C=O) groups excluding carboxylic acids is 3. The Morgan fingerprint density at radius 2 is 1.65 bits per heavy atom. The summed E-state index contributed by atoms with van der Waals surface area (Å²) >= 11 is 15.7. The Labute approximate surface area is 215 Å². The highest BCUT2D eigenvalue weighted by atomic mass is 79.9. The highest BCUT2D eigenvalue weighted by Gasteiger charge is 2.67. The van der Waals surface area contributed by atoms with Gasteiger partial charge in [0.1, 0.15) is 6.67 Å². The van der Waals surface area contributed by atoms with Crippen LogP contribution in [0.2, 0.25) is 10.0 Å². The van der Waals surface area contributed by atoms with Gasteiger partial charge in [0.25, 0.3) is 5.91 Å². The van der Waals surface area contributed by atoms with Gasteiger partial charge in [0.2, 0.25) is 11.8 Å². The number of imide groups is 1. The predicted molar refractivity (Wildman–Crippen MR) is 134 cm³/mol. The molecule has 3 amide bonds. The maximum atomic E-state index is 13.7. The first-order valence-electron chi connectivity index (χ1n) is 11.3. The number of halogens is 3. The van der Waals surface area contributed by atoms with Crippen LogP contribution in [0, 0.1) is 42.4 Å². The minimum atomic E-state index is -0.358. The van der Waals surface area contributed by atoms with Crippen molar-refractivity contribution in [3.63, 3.8) is 0 Å². The number of aryl methyl sites for hydroxylation is 1. The molecule has 5 nitrogen and oxygen atoms in total. The molecule has 1 heterocycles. The van der Waals surface area contributed by atoms with Crippen molar-refractivity contribution in [3.05, 3.63) is 74.2 Å². The van der Waals surface area contributed by atoms with E-state index in [0.29, 0.717) is 28.1 Å². The summed E-state index contributed by atoms with van der Waals surface area (Å²) in [7, 11) is 0. The molecule has 0 unspecified atom stereocenters. The second-order valence-electron chi connectivity index (χ2n) is 9.69. The first kappa shape index (κ1) is 22.3. The lowest BCUT2D eigenvalue weighted by Gasteiger charge is -2.37. The summed E-state index contributed by atoms with van der Waals surface area (Å²) < 4.78 is 0.872. The molecule has 174 valence electrons. The Morgan fingerprint density at radius 1 is 1.00 bits per heavy atom. The fraction of sp³-hybridized carbons (Fsp3) is 0.346. The topological polar surface area (TPSA) is 57.7 Å². The van der Waals surface area contributed by atoms with Crippen LogP contribution in [0.4, 0.5) is 5.69 Å². The Morgan fingerprint density at radius 3 is 2.24 bits per heavy atom. The molecule has 1 aliphatic heterocycles. The number of nitrogens with zero attached hydrogens (tertiary/aromatic N) is 2. The van der Waals surface area contributed by atoms with Gasteiger partial charge in [-0.25, -0.2) is 0 Å². The number of carbonyl (C=O) groups is 3. The predicted octanol–water partition coefficient (Wildman–Crippen LogP) is 5.72. The average Bonchev–Trinajstić information content (AvgIpc) is 3.59. The fourth-order valence-corrected chi connectivity index (χ4v) is 7.03. The summed E-state index contributed by atoms with van der Waals surface area (Å²) in [6, 6.07) is 10.2. The summed E-state index contributed by atoms with van der Waals surface area (Å²) in [5.41, 5.74) is 1.79. The third-order valence-corrected chi connectivity index (χ3v) is 9.13. The number of anilines is 1. The van der Waals surface area contributed by atoms with E-state index < -0.39 is 0 Å². The van der Waals surface area contributed by atoms with Gasteiger partial charge in [-0.05, 0) is 79.0 Å². The molecule has 8 heteroatoms. The second kappa shape index (κ2) is 7.94. The molecule has 0 radical (unpaired) electrons. The third kappa shape index (κ3) is 3.29. The van der Waals surface area contributed by atoms with Crippen LogP contribution < -0.4 is 4.90 Å². The van der Waals surface area contributed by atoms with Crippen molar-refractivity contribution < 1.29 is 14.4 Å². The van der Waals surface area contributed by atoms with Crippen LogP contribution in [-0.2, 0) is 9.59 Å². The standard InChI is InChI=1S/C26H21BrCl2N2O3/c1-12-8-14(27)3-7-21(12)30(24(32)13-2-6-19(28)20(29)9-13)11-31-25(33)22-15-4-5-16(18-10-17(15)18)23(22)26(31)34/h2-9,15-18,22-23H,10-11H2,1H3/t15-,16-,17-,18-,22-,23+/m0/s1. The summed E-state index contributed by atoms with van der Waals surface area (Å²) in [5.74, 6) is 0.0148. The Hall–Kier alpha value is -2.15. The monoisotopic (exact) mass is 558 g/mol. The molecule has 5 aliphatic rings. The summed E-state index contributed by atoms with van der Waals surface area (Å²) in [6.07, 6.45) is 5.40. The highest BCUT2D eigenvalue weighted by Crippen LogP contribution is 2.65. The zero-order valence-corrected chi connectivity index (χ0v) is 21.3. The second-order valence-corrected chi connectivity index (χ2v) is 11.4. The zero-order chi connectivity index (χ0) is 23.9. The van der Waals surface area contributed by atoms with Gasteiger partial charge in [0.15, 0.2) is 0 Å². The van der Waals surface area contributed by atoms with Gasteiger partial charge in [-0.2, -0.15) is 0 Å². The van der Waals surface area contributed by atoms with Gasteiger partial charge in [0, 0.05) is 15.7 Å². The molecule has 2 bridgehead atoms. The average molecular weight is 560 g/mol. The van der Waals surface area contributed by atoms with Crippen LogP contribution in [0.15, 0.2) is 53.0 Å². The molecule has 6 atom stereocenters. The molecular formula is C26H21BrCl2N2O3. The van der Waals surface area contributed by atoms with Crippen LogP contribution in [0.25, 0.3) is 0 Å². The lowest BCUT2D eigenvalue weighted by molar-refractivity contribution is -0.140. The normalized spacial score (nSPS) is 30.4. The van der Waals surface area contributed by atoms with Gasteiger partial charge in [-0.1, -0.05) is 51.3 Å². The van der Waals surface area contributed by atoms with Gasteiger partial charge >= 0.3 is 0 Å². The SMILES string of the molecule is Cc1cc(Br)ccc1N(CN1C(=O)[C@@H]2[C@H]3C=C[C@@H]([C@@H]4C[C@@H]34)[C@@H]2C1=O)C(=O)c1ccc(Cl)c(Cl)c1. The number of hydrogen-bond donors (Lipinski definition) is 0. The van der Waals surface area contributed by atoms with Crippen molar-refractivity contribution in [2.24, 2.45) is 35.5 Å². The molecule has 1 saturated heterocycles. The minimum Gasteiger partial charge on any atom is -0.289 e. The maximum absolute atomic E-state index is 13.7. The Bertz CT molecular complexity index is 1260. The van der Waals surface area contributed by atoms with E-state index in [1.165, 1.54) is 15.9 Å². The van der Waals surface area contributed by atoms with Gasteiger partial charge < -0.3 is 0 Å².